The zero-order valence-corrected chi connectivity index (χ0v) is 75.3. The molecule has 12 heteroatoms. The van der Waals surface area contributed by atoms with E-state index in [1.165, 1.54) is 89.5 Å². The molecule has 632 valence electrons. The number of aliphatic imine (C=N–C) groups is 4. The maximum Gasteiger partial charge on any atom is 0.0857 e. The van der Waals surface area contributed by atoms with Gasteiger partial charge in [0.1, 0.15) is 0 Å². The van der Waals surface area contributed by atoms with Crippen LogP contribution in [-0.4, -0.2) is 42.8 Å². The number of nitrogens with zero attached hydrogens (tertiary/aromatic N) is 8. The van der Waals surface area contributed by atoms with E-state index in [0.29, 0.717) is 0 Å². The predicted molar refractivity (Wildman–Crippen MR) is 526 cm³/mol. The van der Waals surface area contributed by atoms with E-state index in [4.69, 9.17) is 40.4 Å². The lowest BCUT2D eigenvalue weighted by atomic mass is 9.82. The van der Waals surface area contributed by atoms with Gasteiger partial charge in [-0.25, -0.2) is 0 Å². The Hall–Kier alpha value is -13.3. The van der Waals surface area contributed by atoms with Crippen LogP contribution in [0.2, 0.25) is 0 Å². The molecule has 0 saturated carbocycles. The molecule has 0 spiro atoms. The minimum absolute atomic E-state index is 0.537. The van der Waals surface area contributed by atoms with Gasteiger partial charge in [0, 0.05) is 55.9 Å². The molecule has 0 fully saturated rings. The van der Waals surface area contributed by atoms with Crippen LogP contribution in [0, 0.1) is 10.8 Å². The molecule has 0 atom stereocenters. The fourth-order valence-electron chi connectivity index (χ4n) is 19.5. The number of azo groups is 2. The minimum Gasteiger partial charge on any atom is -0.358 e. The van der Waals surface area contributed by atoms with E-state index in [2.05, 4.69) is 370 Å². The molecule has 4 N–H and O–H groups in total. The predicted octanol–water partition coefficient (Wildman–Crippen LogP) is 28.3. The van der Waals surface area contributed by atoms with Gasteiger partial charge < -0.3 is 19.9 Å². The molecule has 8 aromatic carbocycles. The Balaban J connectivity index is 0.696. The summed E-state index contributed by atoms with van der Waals surface area (Å²) in [5.74, 6) is 0. The van der Waals surface area contributed by atoms with Crippen molar-refractivity contribution in [2.24, 2.45) is 51.3 Å². The number of allylic oxidation sites excluding steroid dienone is 8. The summed E-state index contributed by atoms with van der Waals surface area (Å²) in [6, 6.07) is 77.7. The van der Waals surface area contributed by atoms with Crippen molar-refractivity contribution in [3.63, 3.8) is 0 Å². The van der Waals surface area contributed by atoms with Crippen LogP contribution in [0.3, 0.4) is 0 Å². The van der Waals surface area contributed by atoms with Crippen LogP contribution < -0.4 is 0 Å². The van der Waals surface area contributed by atoms with Crippen LogP contribution in [0.15, 0.2) is 330 Å². The third-order valence-electron chi connectivity index (χ3n) is 26.4. The highest BCUT2D eigenvalue weighted by Gasteiger charge is 2.37. The summed E-state index contributed by atoms with van der Waals surface area (Å²) in [6.45, 7) is 27.4. The SMILES string of the molecule is CCc1c2[nH]c(c1CC)C(c1ccccc1)=C1C=CC(=N1)C(C)(C)C1=NC(=C(c3ccccc3)c3[nH]c(c(CC)c3CC)CCc3ccc(cc3)N=Nc3ccc(cc3)CCc3[nH]c(c(CC)c3CC)C(c3ccccc3)=C3C=CC(=N3)C(C)(C)C3=NC(=C(c4ccccc4)c4[nH]c(c(CC)c4CC)CCc4ccc(cc4)N=Nc4ccc(cc4)CC2)C=C3)C=C1. The Morgan fingerprint density at radius 1 is 0.222 bits per heavy atom. The zero-order chi connectivity index (χ0) is 87.0. The number of aryl methyl sites for hydroxylation is 8. The van der Waals surface area contributed by atoms with E-state index >= 15 is 0 Å². The van der Waals surface area contributed by atoms with Crippen molar-refractivity contribution in [1.29, 1.82) is 0 Å². The number of rotatable bonds is 12. The van der Waals surface area contributed by atoms with Gasteiger partial charge in [-0.1, -0.05) is 225 Å². The van der Waals surface area contributed by atoms with Crippen molar-refractivity contribution in [3.8, 4) is 0 Å². The van der Waals surface area contributed by atoms with E-state index in [1.54, 1.807) is 0 Å². The largest absolute Gasteiger partial charge is 0.358 e. The second kappa shape index (κ2) is 37.6. The van der Waals surface area contributed by atoms with Crippen LogP contribution in [0.1, 0.15) is 218 Å². The summed E-state index contributed by atoms with van der Waals surface area (Å²) in [4.78, 5) is 38.8. The Kier molecular flexibility index (Phi) is 25.3. The first kappa shape index (κ1) is 84.9. The smallest absolute Gasteiger partial charge is 0.0857 e. The van der Waals surface area contributed by atoms with Gasteiger partial charge in [0.05, 0.1) is 91.2 Å². The maximum absolute atomic E-state index is 5.63. The average Bonchev–Trinajstić information content (AvgIpc) is 1.62. The second-order valence-electron chi connectivity index (χ2n) is 34.7. The van der Waals surface area contributed by atoms with Crippen molar-refractivity contribution in [3.05, 3.63) is 424 Å². The highest BCUT2D eigenvalue weighted by Crippen LogP contribution is 2.45. The molecule has 11 aliphatic rings. The molecular formula is C114H116N12. The summed E-state index contributed by atoms with van der Waals surface area (Å²) in [5, 5.41) is 19.0. The van der Waals surface area contributed by atoms with Gasteiger partial charge in [-0.05, 0) is 317 Å². The lowest BCUT2D eigenvalue weighted by Crippen LogP contribution is -2.30. The molecule has 15 heterocycles. The first-order chi connectivity index (χ1) is 61.6. The quantitative estimate of drug-likeness (QED) is 0.0917. The third-order valence-corrected chi connectivity index (χ3v) is 26.4. The van der Waals surface area contributed by atoms with Crippen LogP contribution in [0.5, 0.6) is 0 Å². The molecule has 12 nitrogen and oxygen atoms in total. The monoisotopic (exact) mass is 1650 g/mol. The Labute approximate surface area is 744 Å². The molecule has 24 bridgehead atoms. The standard InChI is InChI=1S/C114H116N12/c1-13-85-89(17-5)109-105(77-33-25-21-26-34-77)97-65-69-101(115-97)113(9,10)102-70-66-98(116-102)106(78-35-27-22-28-36-78)110-90(18-6)86(14-2)94(120-110)63-51-75-45-57-83(58-46-75)125-126-84-59-47-76(48-60-84)52-64-96-88(16-4)92(20-8)112(122-96)108(80-39-31-24-32-40-80)100-68-72-104(118-100)114(11,12)103-71-67-99(117-103)107(79-37-29-23-30-38-79)111-91(19-7)87(15-3)95(121-111)62-50-74-43-55-82(56-44-74)124-123-81-53-41-73(42-54-81)49-61-93(85)119-109/h21-48,53-60,65-72,119-122H,13-20,49-52,61-64H2,1-12H3. The summed E-state index contributed by atoms with van der Waals surface area (Å²) in [5.41, 5.74) is 44.4. The third kappa shape index (κ3) is 17.4. The van der Waals surface area contributed by atoms with Crippen molar-refractivity contribution in [1.82, 2.24) is 19.9 Å². The summed E-state index contributed by atoms with van der Waals surface area (Å²) in [7, 11) is 0. The highest BCUT2D eigenvalue weighted by molar-refractivity contribution is 6.23. The number of hydrogen-bond acceptors (Lipinski definition) is 8. The lowest BCUT2D eigenvalue weighted by molar-refractivity contribution is 0.736. The maximum atomic E-state index is 5.63. The second-order valence-corrected chi connectivity index (χ2v) is 34.7. The fourth-order valence-corrected chi connectivity index (χ4v) is 19.5. The summed E-state index contributed by atoms with van der Waals surface area (Å²) < 4.78 is 0. The average molecular weight is 1650 g/mol. The molecule has 0 unspecified atom stereocenters. The van der Waals surface area contributed by atoms with Gasteiger partial charge in [0.2, 0.25) is 0 Å². The molecule has 4 aromatic heterocycles. The fraction of sp³-hybridized carbons (Fsp3) is 0.263. The lowest BCUT2D eigenvalue weighted by Gasteiger charge is -2.23. The number of benzene rings is 8. The number of aromatic amines is 4. The van der Waals surface area contributed by atoms with Crippen molar-refractivity contribution in [2.75, 3.05) is 0 Å². The van der Waals surface area contributed by atoms with Gasteiger partial charge in [-0.15, -0.1) is 0 Å². The van der Waals surface area contributed by atoms with E-state index in [0.717, 1.165) is 238 Å². The molecule has 0 saturated heterocycles. The van der Waals surface area contributed by atoms with Gasteiger partial charge in [0.15, 0.2) is 0 Å². The van der Waals surface area contributed by atoms with Crippen LogP contribution in [0.25, 0.3) is 22.3 Å². The first-order valence-electron chi connectivity index (χ1n) is 46.0. The Bertz CT molecular complexity index is 5710. The van der Waals surface area contributed by atoms with Crippen LogP contribution in [0.4, 0.5) is 22.7 Å². The Morgan fingerprint density at radius 2 is 0.413 bits per heavy atom. The topological polar surface area (TPSA) is 162 Å². The molecule has 126 heavy (non-hydrogen) atoms. The molecule has 11 aliphatic heterocycles. The van der Waals surface area contributed by atoms with Crippen LogP contribution in [-0.2, 0) is 103 Å². The molecule has 0 amide bonds. The molecule has 12 aromatic rings. The first-order valence-corrected chi connectivity index (χ1v) is 46.0. The van der Waals surface area contributed by atoms with Crippen molar-refractivity contribution in [2.45, 2.75) is 186 Å². The highest BCUT2D eigenvalue weighted by atomic mass is 15.1. The molecule has 23 rings (SSSR count). The number of H-pyrrole nitrogens is 4. The summed E-state index contributed by atoms with van der Waals surface area (Å²) in [6.07, 6.45) is 31.9. The van der Waals surface area contributed by atoms with E-state index in [-0.39, 0.29) is 0 Å². The molecule has 0 radical (unpaired) electrons. The molecular weight excluding hydrogens is 1540 g/mol. The number of nitrogens with one attached hydrogen (secondary N) is 4. The molecule has 0 aliphatic carbocycles. The van der Waals surface area contributed by atoms with Crippen molar-refractivity contribution < 1.29 is 0 Å². The van der Waals surface area contributed by atoms with E-state index < -0.39 is 10.8 Å². The Morgan fingerprint density at radius 3 is 0.595 bits per heavy atom. The van der Waals surface area contributed by atoms with E-state index in [9.17, 15) is 0 Å². The number of hydrogen-bond donors (Lipinski definition) is 4. The number of aromatic nitrogens is 4. The van der Waals surface area contributed by atoms with Gasteiger partial charge in [-0.2, -0.15) is 20.5 Å². The van der Waals surface area contributed by atoms with Gasteiger partial charge in [-0.3, -0.25) is 20.0 Å². The zero-order valence-electron chi connectivity index (χ0n) is 75.3. The minimum atomic E-state index is -0.537. The van der Waals surface area contributed by atoms with Crippen LogP contribution >= 0.6 is 0 Å². The summed E-state index contributed by atoms with van der Waals surface area (Å²) >= 11 is 0. The normalized spacial score (nSPS) is 16.1. The van der Waals surface area contributed by atoms with E-state index in [1.807, 2.05) is 0 Å². The van der Waals surface area contributed by atoms with Gasteiger partial charge >= 0.3 is 0 Å². The van der Waals surface area contributed by atoms with Gasteiger partial charge in [0.25, 0.3) is 0 Å². The van der Waals surface area contributed by atoms with Crippen molar-refractivity contribution >= 4 is 67.9 Å².